The van der Waals surface area contributed by atoms with Gasteiger partial charge in [-0.15, -0.1) is 0 Å². The van der Waals surface area contributed by atoms with E-state index in [2.05, 4.69) is 36.1 Å². The summed E-state index contributed by atoms with van der Waals surface area (Å²) in [5.41, 5.74) is 1.92. The molecule has 3 saturated carbocycles. The highest BCUT2D eigenvalue weighted by molar-refractivity contribution is 6.48. The molecule has 1 amide bonds. The number of rotatable bonds is 7. The number of carbonyl (C=O) groups is 2. The maximum Gasteiger partial charge on any atom is 0.482 e. The van der Waals surface area contributed by atoms with E-state index in [0.717, 1.165) is 18.4 Å². The fourth-order valence-corrected chi connectivity index (χ4v) is 7.36. The number of para-hydroxylation sites is 1. The Morgan fingerprint density at radius 2 is 1.84 bits per heavy atom. The molecule has 1 aromatic heterocycles. The van der Waals surface area contributed by atoms with Gasteiger partial charge in [0.1, 0.15) is 16.9 Å². The smallest absolute Gasteiger partial charge is 0.482 e. The van der Waals surface area contributed by atoms with Crippen LogP contribution in [0.3, 0.4) is 0 Å². The molecule has 2 bridgehead atoms. The zero-order chi connectivity index (χ0) is 30.7. The molecule has 5 atom stereocenters. The third kappa shape index (κ3) is 5.29. The average molecular weight is 586 g/mol. The number of carbonyl (C=O) groups excluding carboxylic acids is 2. The first-order chi connectivity index (χ1) is 20.3. The monoisotopic (exact) mass is 585 g/mol. The Labute approximate surface area is 253 Å². The van der Waals surface area contributed by atoms with E-state index in [1.807, 2.05) is 26.8 Å². The maximum atomic E-state index is 13.7. The van der Waals surface area contributed by atoms with E-state index in [0.29, 0.717) is 46.2 Å². The molecule has 1 N–H and O–H groups in total. The predicted molar refractivity (Wildman–Crippen MR) is 163 cm³/mol. The van der Waals surface area contributed by atoms with Crippen LogP contribution in [0.2, 0.25) is 0 Å². The molecule has 3 aromatic rings. The van der Waals surface area contributed by atoms with E-state index < -0.39 is 30.2 Å². The Balaban J connectivity index is 1.32. The van der Waals surface area contributed by atoms with Gasteiger partial charge in [0, 0.05) is 18.0 Å². The standard InChI is InChI=1S/C33H40BN3O6/c1-31(2,3)41-30(39)22-10-8-9-19(28(22)40-7)16-27(37-29(38)20-11-12-23-24(15-20)36-14-13-35-23)34-42-26-18-21-17-25(32(21,4)5)33(26,6)43-34/h8-15,21,25-27H,16-18H2,1-7H3,(H,37,38). The first-order valence-electron chi connectivity index (χ1n) is 15.0. The van der Waals surface area contributed by atoms with Crippen LogP contribution in [0.4, 0.5) is 0 Å². The molecular weight excluding hydrogens is 545 g/mol. The summed E-state index contributed by atoms with van der Waals surface area (Å²) in [6, 6.07) is 10.6. The van der Waals surface area contributed by atoms with Crippen LogP contribution in [0.1, 0.15) is 80.7 Å². The van der Waals surface area contributed by atoms with Gasteiger partial charge in [-0.25, -0.2) is 4.79 Å². The lowest BCUT2D eigenvalue weighted by molar-refractivity contribution is -0.199. The second kappa shape index (κ2) is 10.6. The van der Waals surface area contributed by atoms with Crippen molar-refractivity contribution in [2.45, 2.75) is 84.1 Å². The lowest BCUT2D eigenvalue weighted by atomic mass is 9.43. The largest absolute Gasteiger partial charge is 0.496 e. The Morgan fingerprint density at radius 3 is 2.53 bits per heavy atom. The number of esters is 1. The van der Waals surface area contributed by atoms with Crippen molar-refractivity contribution >= 4 is 30.0 Å². The lowest BCUT2D eigenvalue weighted by Crippen LogP contribution is -2.65. The van der Waals surface area contributed by atoms with E-state index in [4.69, 9.17) is 18.8 Å². The summed E-state index contributed by atoms with van der Waals surface area (Å²) in [4.78, 5) is 35.5. The second-order valence-electron chi connectivity index (χ2n) is 13.9. The van der Waals surface area contributed by atoms with Crippen LogP contribution in [-0.2, 0) is 20.5 Å². The van der Waals surface area contributed by atoms with Gasteiger partial charge in [-0.3, -0.25) is 14.8 Å². The molecule has 2 aromatic carbocycles. The highest BCUT2D eigenvalue weighted by Crippen LogP contribution is 2.65. The predicted octanol–water partition coefficient (Wildman–Crippen LogP) is 5.20. The number of nitrogens with one attached hydrogen (secondary N) is 1. The van der Waals surface area contributed by atoms with Gasteiger partial charge in [0.25, 0.3) is 5.91 Å². The van der Waals surface area contributed by atoms with E-state index in [-0.39, 0.29) is 17.4 Å². The van der Waals surface area contributed by atoms with Crippen LogP contribution in [-0.4, -0.2) is 59.3 Å². The number of fused-ring (bicyclic) bond motifs is 1. The zero-order valence-electron chi connectivity index (χ0n) is 26.0. The number of benzene rings is 2. The third-order valence-corrected chi connectivity index (χ3v) is 9.70. The van der Waals surface area contributed by atoms with Crippen molar-refractivity contribution < 1.29 is 28.4 Å². The molecule has 0 spiro atoms. The highest BCUT2D eigenvalue weighted by atomic mass is 16.7. The number of aromatic nitrogens is 2. The number of hydrogen-bond acceptors (Lipinski definition) is 8. The molecule has 0 radical (unpaired) electrons. The number of methoxy groups -OCH3 is 1. The van der Waals surface area contributed by atoms with E-state index in [1.165, 1.54) is 7.11 Å². The molecule has 226 valence electrons. The van der Waals surface area contributed by atoms with Gasteiger partial charge < -0.3 is 24.1 Å². The van der Waals surface area contributed by atoms with Crippen LogP contribution in [0.15, 0.2) is 48.8 Å². The summed E-state index contributed by atoms with van der Waals surface area (Å²) in [7, 11) is 0.841. The van der Waals surface area contributed by atoms with Gasteiger partial charge in [0.2, 0.25) is 0 Å². The van der Waals surface area contributed by atoms with Gasteiger partial charge in [-0.05, 0) is 94.0 Å². The van der Waals surface area contributed by atoms with Gasteiger partial charge >= 0.3 is 13.1 Å². The van der Waals surface area contributed by atoms with Crippen LogP contribution >= 0.6 is 0 Å². The van der Waals surface area contributed by atoms with Crippen LogP contribution in [0.5, 0.6) is 5.75 Å². The number of nitrogens with zero attached hydrogens (tertiary/aromatic N) is 2. The Hall–Kier alpha value is -3.50. The molecule has 10 heteroatoms. The summed E-state index contributed by atoms with van der Waals surface area (Å²) in [5.74, 6) is 0.0386. The second-order valence-corrected chi connectivity index (χ2v) is 13.9. The van der Waals surface area contributed by atoms with Crippen LogP contribution < -0.4 is 10.1 Å². The third-order valence-electron chi connectivity index (χ3n) is 9.70. The first kappa shape index (κ1) is 29.6. The molecule has 7 rings (SSSR count). The zero-order valence-corrected chi connectivity index (χ0v) is 26.0. The van der Waals surface area contributed by atoms with Crippen molar-refractivity contribution in [1.82, 2.24) is 15.3 Å². The summed E-state index contributed by atoms with van der Waals surface area (Å²) in [6.07, 6.45) is 5.53. The molecule has 1 saturated heterocycles. The van der Waals surface area contributed by atoms with Crippen molar-refractivity contribution in [3.8, 4) is 5.75 Å². The maximum absolute atomic E-state index is 13.7. The molecule has 4 aliphatic rings. The fraction of sp³-hybridized carbons (Fsp3) is 0.515. The minimum atomic E-state index is -0.691. The van der Waals surface area contributed by atoms with Crippen molar-refractivity contribution in [2.24, 2.45) is 17.3 Å². The van der Waals surface area contributed by atoms with Crippen molar-refractivity contribution in [1.29, 1.82) is 0 Å². The molecule has 5 unspecified atom stereocenters. The average Bonchev–Trinajstić information content (AvgIpc) is 3.32. The van der Waals surface area contributed by atoms with Gasteiger partial charge in [0.05, 0.1) is 35.8 Å². The Morgan fingerprint density at radius 1 is 1.09 bits per heavy atom. The molecular formula is C33H40BN3O6. The number of amides is 1. The number of hydrogen-bond donors (Lipinski definition) is 1. The van der Waals surface area contributed by atoms with E-state index in [1.54, 1.807) is 42.7 Å². The van der Waals surface area contributed by atoms with Crippen molar-refractivity contribution in [3.05, 3.63) is 65.5 Å². The van der Waals surface area contributed by atoms with Crippen molar-refractivity contribution in [2.75, 3.05) is 7.11 Å². The van der Waals surface area contributed by atoms with E-state index >= 15 is 0 Å². The fourth-order valence-electron chi connectivity index (χ4n) is 7.36. The molecule has 43 heavy (non-hydrogen) atoms. The van der Waals surface area contributed by atoms with E-state index in [9.17, 15) is 9.59 Å². The molecule has 9 nitrogen and oxygen atoms in total. The quantitative estimate of drug-likeness (QED) is 0.298. The number of ether oxygens (including phenoxy) is 2. The Bertz CT molecular complexity index is 1570. The topological polar surface area (TPSA) is 109 Å². The normalized spacial score (nSPS) is 26.3. The molecule has 2 heterocycles. The molecule has 4 fully saturated rings. The summed E-state index contributed by atoms with van der Waals surface area (Å²) >= 11 is 0. The van der Waals surface area contributed by atoms with Crippen LogP contribution in [0.25, 0.3) is 11.0 Å². The molecule has 1 aliphatic heterocycles. The lowest BCUT2D eigenvalue weighted by Gasteiger charge is -2.64. The summed E-state index contributed by atoms with van der Waals surface area (Å²) in [6.45, 7) is 12.3. The minimum absolute atomic E-state index is 0.0559. The minimum Gasteiger partial charge on any atom is -0.496 e. The van der Waals surface area contributed by atoms with Gasteiger partial charge in [-0.1, -0.05) is 26.0 Å². The summed E-state index contributed by atoms with van der Waals surface area (Å²) < 4.78 is 24.9. The van der Waals surface area contributed by atoms with Crippen molar-refractivity contribution in [3.63, 3.8) is 0 Å². The molecule has 3 aliphatic carbocycles. The summed E-state index contributed by atoms with van der Waals surface area (Å²) in [5, 5.41) is 3.19. The first-order valence-corrected chi connectivity index (χ1v) is 15.0. The Kier molecular flexibility index (Phi) is 7.28. The SMILES string of the molecule is COc1c(CC(NC(=O)c2ccc3nccnc3c2)B2OC3CC4CC(C4(C)C)C3(C)O2)cccc1C(=O)OC(C)(C)C. The van der Waals surface area contributed by atoms with Gasteiger partial charge in [-0.2, -0.15) is 0 Å². The van der Waals surface area contributed by atoms with Crippen LogP contribution in [0, 0.1) is 17.3 Å². The highest BCUT2D eigenvalue weighted by Gasteiger charge is 2.68. The van der Waals surface area contributed by atoms with Gasteiger partial charge in [0.15, 0.2) is 0 Å².